The zero-order chi connectivity index (χ0) is 15.4. The summed E-state index contributed by atoms with van der Waals surface area (Å²) in [7, 11) is 0. The molecular formula is C18H23NO2. The van der Waals surface area contributed by atoms with E-state index in [9.17, 15) is 9.90 Å². The molecule has 0 saturated carbocycles. The number of phenols is 1. The second kappa shape index (κ2) is 6.61. The predicted molar refractivity (Wildman–Crippen MR) is 86.6 cm³/mol. The number of hydrogen-bond acceptors (Lipinski definition) is 2. The van der Waals surface area contributed by atoms with Crippen LogP contribution in [0.1, 0.15) is 44.0 Å². The zero-order valence-corrected chi connectivity index (χ0v) is 12.9. The van der Waals surface area contributed by atoms with Gasteiger partial charge in [-0.25, -0.2) is 0 Å². The van der Waals surface area contributed by atoms with Crippen LogP contribution in [0.3, 0.4) is 0 Å². The summed E-state index contributed by atoms with van der Waals surface area (Å²) in [6.07, 6.45) is 2.02. The van der Waals surface area contributed by atoms with Gasteiger partial charge in [0.1, 0.15) is 5.75 Å². The zero-order valence-electron chi connectivity index (χ0n) is 12.9. The van der Waals surface area contributed by atoms with Crippen molar-refractivity contribution in [2.45, 2.75) is 39.7 Å². The standard InChI is InChI=1S/C18H23NO2/c1-12(2)8-9-13(3)19-18(21)16-11-10-14-6-4-5-7-15(14)17(16)20/h4-7,10-13,20H,8-9H2,1-3H3,(H,19,21). The normalized spacial score (nSPS) is 12.6. The Balaban J connectivity index is 2.14. The lowest BCUT2D eigenvalue weighted by molar-refractivity contribution is 0.0935. The number of benzene rings is 2. The van der Waals surface area contributed by atoms with Crippen LogP contribution in [0, 0.1) is 5.92 Å². The molecule has 0 aliphatic heterocycles. The lowest BCUT2D eigenvalue weighted by Gasteiger charge is -2.16. The van der Waals surface area contributed by atoms with Gasteiger partial charge in [-0.3, -0.25) is 4.79 Å². The first-order chi connectivity index (χ1) is 9.99. The molecule has 2 aromatic rings. The molecule has 0 aromatic heterocycles. The molecule has 1 amide bonds. The van der Waals surface area contributed by atoms with Crippen molar-refractivity contribution in [3.8, 4) is 5.75 Å². The summed E-state index contributed by atoms with van der Waals surface area (Å²) >= 11 is 0. The molecule has 21 heavy (non-hydrogen) atoms. The summed E-state index contributed by atoms with van der Waals surface area (Å²) in [4.78, 5) is 12.3. The number of carbonyl (C=O) groups excluding carboxylic acids is 1. The minimum atomic E-state index is -0.213. The number of phenolic OH excluding ortho intramolecular Hbond substituents is 1. The Morgan fingerprint density at radius 1 is 1.10 bits per heavy atom. The van der Waals surface area contributed by atoms with E-state index in [4.69, 9.17) is 0 Å². The maximum Gasteiger partial charge on any atom is 0.255 e. The molecule has 1 unspecified atom stereocenters. The lowest BCUT2D eigenvalue weighted by atomic mass is 10.0. The first-order valence-electron chi connectivity index (χ1n) is 7.50. The maximum atomic E-state index is 12.3. The van der Waals surface area contributed by atoms with Crippen molar-refractivity contribution >= 4 is 16.7 Å². The van der Waals surface area contributed by atoms with Crippen LogP contribution in [0.25, 0.3) is 10.8 Å². The number of rotatable bonds is 5. The molecule has 2 aromatic carbocycles. The molecule has 3 nitrogen and oxygen atoms in total. The summed E-state index contributed by atoms with van der Waals surface area (Å²) in [6, 6.07) is 11.2. The van der Waals surface area contributed by atoms with Crippen LogP contribution in [0.2, 0.25) is 0 Å². The van der Waals surface area contributed by atoms with E-state index in [1.54, 1.807) is 6.07 Å². The second-order valence-electron chi connectivity index (χ2n) is 6.03. The van der Waals surface area contributed by atoms with Crippen molar-refractivity contribution in [3.05, 3.63) is 42.0 Å². The highest BCUT2D eigenvalue weighted by Gasteiger charge is 2.15. The quantitative estimate of drug-likeness (QED) is 0.869. The first kappa shape index (κ1) is 15.4. The molecule has 1 atom stereocenters. The van der Waals surface area contributed by atoms with Crippen LogP contribution < -0.4 is 5.32 Å². The van der Waals surface area contributed by atoms with Crippen LogP contribution in [-0.2, 0) is 0 Å². The van der Waals surface area contributed by atoms with E-state index in [-0.39, 0.29) is 17.7 Å². The highest BCUT2D eigenvalue weighted by Crippen LogP contribution is 2.28. The van der Waals surface area contributed by atoms with Crippen molar-refractivity contribution in [2.24, 2.45) is 5.92 Å². The van der Waals surface area contributed by atoms with Crippen molar-refractivity contribution < 1.29 is 9.90 Å². The van der Waals surface area contributed by atoms with Gasteiger partial charge in [0.2, 0.25) is 0 Å². The molecule has 0 heterocycles. The Labute approximate surface area is 126 Å². The number of aromatic hydroxyl groups is 1. The van der Waals surface area contributed by atoms with Crippen molar-refractivity contribution in [2.75, 3.05) is 0 Å². The van der Waals surface area contributed by atoms with Gasteiger partial charge in [-0.05, 0) is 37.1 Å². The van der Waals surface area contributed by atoms with E-state index in [1.165, 1.54) is 0 Å². The fourth-order valence-corrected chi connectivity index (χ4v) is 2.40. The average molecular weight is 285 g/mol. The lowest BCUT2D eigenvalue weighted by Crippen LogP contribution is -2.32. The van der Waals surface area contributed by atoms with Gasteiger partial charge in [0.25, 0.3) is 5.91 Å². The maximum absolute atomic E-state index is 12.3. The van der Waals surface area contributed by atoms with Gasteiger partial charge < -0.3 is 10.4 Å². The summed E-state index contributed by atoms with van der Waals surface area (Å²) in [5.41, 5.74) is 0.338. The van der Waals surface area contributed by atoms with Crippen LogP contribution in [0.15, 0.2) is 36.4 Å². The van der Waals surface area contributed by atoms with E-state index in [0.29, 0.717) is 16.9 Å². The minimum Gasteiger partial charge on any atom is -0.506 e. The predicted octanol–water partition coefficient (Wildman–Crippen LogP) is 4.10. The third kappa shape index (κ3) is 3.75. The summed E-state index contributed by atoms with van der Waals surface area (Å²) in [6.45, 7) is 6.34. The molecule has 0 fully saturated rings. The van der Waals surface area contributed by atoms with Gasteiger partial charge in [-0.2, -0.15) is 0 Å². The molecule has 0 spiro atoms. The van der Waals surface area contributed by atoms with E-state index in [0.717, 1.165) is 18.2 Å². The topological polar surface area (TPSA) is 49.3 Å². The Morgan fingerprint density at radius 2 is 1.81 bits per heavy atom. The van der Waals surface area contributed by atoms with Crippen LogP contribution in [0.4, 0.5) is 0 Å². The molecule has 0 bridgehead atoms. The third-order valence-corrected chi connectivity index (χ3v) is 3.70. The Kier molecular flexibility index (Phi) is 4.84. The van der Waals surface area contributed by atoms with Gasteiger partial charge in [0.15, 0.2) is 0 Å². The van der Waals surface area contributed by atoms with Crippen molar-refractivity contribution in [1.82, 2.24) is 5.32 Å². The van der Waals surface area contributed by atoms with Gasteiger partial charge in [-0.15, -0.1) is 0 Å². The van der Waals surface area contributed by atoms with Crippen LogP contribution >= 0.6 is 0 Å². The average Bonchev–Trinajstić information content (AvgIpc) is 2.45. The van der Waals surface area contributed by atoms with Gasteiger partial charge in [0.05, 0.1) is 5.56 Å². The molecule has 0 aliphatic carbocycles. The molecule has 0 radical (unpaired) electrons. The monoisotopic (exact) mass is 285 g/mol. The minimum absolute atomic E-state index is 0.0571. The number of hydrogen-bond donors (Lipinski definition) is 2. The molecular weight excluding hydrogens is 262 g/mol. The molecule has 0 saturated heterocycles. The van der Waals surface area contributed by atoms with Crippen molar-refractivity contribution in [1.29, 1.82) is 0 Å². The Hall–Kier alpha value is -2.03. The summed E-state index contributed by atoms with van der Waals surface area (Å²) in [5.74, 6) is 0.467. The fourth-order valence-electron chi connectivity index (χ4n) is 2.40. The number of amides is 1. The summed E-state index contributed by atoms with van der Waals surface area (Å²) in [5, 5.41) is 14.9. The molecule has 3 heteroatoms. The molecule has 112 valence electrons. The number of fused-ring (bicyclic) bond motifs is 1. The van der Waals surface area contributed by atoms with Gasteiger partial charge in [0, 0.05) is 11.4 Å². The van der Waals surface area contributed by atoms with Crippen molar-refractivity contribution in [3.63, 3.8) is 0 Å². The number of nitrogens with one attached hydrogen (secondary N) is 1. The van der Waals surface area contributed by atoms with Gasteiger partial charge in [-0.1, -0.05) is 44.2 Å². The summed E-state index contributed by atoms with van der Waals surface area (Å²) < 4.78 is 0. The SMILES string of the molecule is CC(C)CCC(C)NC(=O)c1ccc2ccccc2c1O. The van der Waals surface area contributed by atoms with E-state index >= 15 is 0 Å². The van der Waals surface area contributed by atoms with E-state index in [2.05, 4.69) is 19.2 Å². The van der Waals surface area contributed by atoms with Crippen LogP contribution in [0.5, 0.6) is 5.75 Å². The first-order valence-corrected chi connectivity index (χ1v) is 7.50. The molecule has 2 rings (SSSR count). The highest BCUT2D eigenvalue weighted by atomic mass is 16.3. The number of carbonyl (C=O) groups is 1. The Bertz CT molecular complexity index is 634. The molecule has 0 aliphatic rings. The van der Waals surface area contributed by atoms with E-state index in [1.807, 2.05) is 37.3 Å². The smallest absolute Gasteiger partial charge is 0.255 e. The fraction of sp³-hybridized carbons (Fsp3) is 0.389. The largest absolute Gasteiger partial charge is 0.506 e. The highest BCUT2D eigenvalue weighted by molar-refractivity contribution is 6.03. The van der Waals surface area contributed by atoms with Gasteiger partial charge >= 0.3 is 0 Å². The second-order valence-corrected chi connectivity index (χ2v) is 6.03. The van der Waals surface area contributed by atoms with E-state index < -0.39 is 0 Å². The third-order valence-electron chi connectivity index (χ3n) is 3.70. The Morgan fingerprint density at radius 3 is 2.52 bits per heavy atom. The molecule has 2 N–H and O–H groups in total. The van der Waals surface area contributed by atoms with Crippen LogP contribution in [-0.4, -0.2) is 17.1 Å².